The lowest BCUT2D eigenvalue weighted by molar-refractivity contribution is 0.199. The fraction of sp³-hybridized carbons (Fsp3) is 0.231. The Balaban J connectivity index is 1.81. The lowest BCUT2D eigenvalue weighted by Crippen LogP contribution is -2.14. The number of aromatic amines is 1. The minimum atomic E-state index is -0.753. The van der Waals surface area contributed by atoms with Crippen molar-refractivity contribution in [1.29, 1.82) is 5.26 Å². The summed E-state index contributed by atoms with van der Waals surface area (Å²) in [5.74, 6) is -0.533. The summed E-state index contributed by atoms with van der Waals surface area (Å²) in [6.45, 7) is 5.86. The molecule has 10 heteroatoms. The zero-order chi connectivity index (χ0) is 25.8. The first-order valence-electron chi connectivity index (χ1n) is 11.2. The number of nitrogens with one attached hydrogen (secondary N) is 1. The van der Waals surface area contributed by atoms with Gasteiger partial charge in [-0.1, -0.05) is 24.3 Å². The molecule has 0 radical (unpaired) electrons. The molecule has 2 aromatic carbocycles. The van der Waals surface area contributed by atoms with Crippen LogP contribution in [0, 0.1) is 17.1 Å². The van der Waals surface area contributed by atoms with Crippen LogP contribution in [0.1, 0.15) is 36.6 Å². The van der Waals surface area contributed by atoms with E-state index < -0.39 is 11.4 Å². The van der Waals surface area contributed by atoms with Crippen LogP contribution in [-0.4, -0.2) is 25.6 Å². The van der Waals surface area contributed by atoms with Crippen LogP contribution in [0.2, 0.25) is 5.02 Å². The maximum absolute atomic E-state index is 15.6. The van der Waals surface area contributed by atoms with Crippen molar-refractivity contribution in [3.05, 3.63) is 69.0 Å². The number of ether oxygens (including phenoxy) is 1. The molecule has 1 fully saturated rings. The van der Waals surface area contributed by atoms with Crippen LogP contribution in [0.15, 0.2) is 35.8 Å². The Morgan fingerprint density at radius 1 is 1.42 bits per heavy atom. The number of aryl methyl sites for hydroxylation is 1. The summed E-state index contributed by atoms with van der Waals surface area (Å²) in [7, 11) is 1.65. The summed E-state index contributed by atoms with van der Waals surface area (Å²) < 4.78 is 23.2. The average molecular weight is 505 g/mol. The zero-order valence-corrected chi connectivity index (χ0v) is 20.4. The maximum atomic E-state index is 15.6. The van der Waals surface area contributed by atoms with Crippen LogP contribution in [0.25, 0.3) is 39.2 Å². The molecule has 5 rings (SSSR count). The minimum absolute atomic E-state index is 0.0115. The summed E-state index contributed by atoms with van der Waals surface area (Å²) in [6.07, 6.45) is 4.78. The van der Waals surface area contributed by atoms with E-state index in [2.05, 4.69) is 27.9 Å². The van der Waals surface area contributed by atoms with Gasteiger partial charge in [0.15, 0.2) is 5.82 Å². The predicted molar refractivity (Wildman–Crippen MR) is 136 cm³/mol. The molecule has 0 aliphatic heterocycles. The van der Waals surface area contributed by atoms with E-state index in [4.69, 9.17) is 22.1 Å². The molecular weight excluding hydrogens is 483 g/mol. The third-order valence-corrected chi connectivity index (χ3v) is 6.78. The van der Waals surface area contributed by atoms with E-state index in [1.165, 1.54) is 10.7 Å². The lowest BCUT2D eigenvalue weighted by atomic mass is 9.93. The molecule has 2 aromatic heterocycles. The lowest BCUT2D eigenvalue weighted by Gasteiger charge is -2.18. The summed E-state index contributed by atoms with van der Waals surface area (Å²) >= 11 is 6.28. The van der Waals surface area contributed by atoms with Crippen LogP contribution in [0.4, 0.5) is 4.39 Å². The second kappa shape index (κ2) is 8.59. The number of H-pyrrole nitrogens is 1. The van der Waals surface area contributed by atoms with Gasteiger partial charge in [0.1, 0.15) is 23.0 Å². The fourth-order valence-electron chi connectivity index (χ4n) is 4.36. The van der Waals surface area contributed by atoms with Crippen LogP contribution in [0.3, 0.4) is 0 Å². The molecule has 0 amide bonds. The number of halogens is 2. The van der Waals surface area contributed by atoms with Gasteiger partial charge in [0.25, 0.3) is 5.56 Å². The van der Waals surface area contributed by atoms with Crippen LogP contribution in [0.5, 0.6) is 5.75 Å². The molecule has 0 atom stereocenters. The Bertz CT molecular complexity index is 1660. The molecule has 8 nitrogen and oxygen atoms in total. The van der Waals surface area contributed by atoms with E-state index in [0.29, 0.717) is 38.9 Å². The van der Waals surface area contributed by atoms with Crippen molar-refractivity contribution >= 4 is 28.4 Å². The van der Waals surface area contributed by atoms with Gasteiger partial charge in [0.2, 0.25) is 0 Å². The summed E-state index contributed by atoms with van der Waals surface area (Å²) in [5.41, 5.74) is 7.61. The number of hydrogen-bond donors (Lipinski definition) is 2. The highest BCUT2D eigenvalue weighted by Gasteiger charge is 2.41. The standard InChI is InChI=1S/C26H22ClFN6O2/c1-4-13-7-14(8-15-19(11-30)32-33-25(35)21(13)15)17-12-31-34(3)24(17)22-16(10-29)20(9-18(27)23(22)28)36-26(2)5-6-26/h4,7-9,12H,1,5-6,11,30H2,2-3H3,(H,33,35). The molecule has 1 aliphatic rings. The highest BCUT2D eigenvalue weighted by atomic mass is 35.5. The number of fused-ring (bicyclic) bond motifs is 1. The van der Waals surface area contributed by atoms with Gasteiger partial charge in [0, 0.05) is 30.6 Å². The Morgan fingerprint density at radius 3 is 2.81 bits per heavy atom. The molecule has 0 bridgehead atoms. The third-order valence-electron chi connectivity index (χ3n) is 6.50. The van der Waals surface area contributed by atoms with Crippen molar-refractivity contribution in [2.24, 2.45) is 12.8 Å². The van der Waals surface area contributed by atoms with Crippen molar-refractivity contribution in [1.82, 2.24) is 20.0 Å². The molecule has 1 aliphatic carbocycles. The first-order valence-corrected chi connectivity index (χ1v) is 11.6. The molecular formula is C26H22ClFN6O2. The van der Waals surface area contributed by atoms with Crippen molar-refractivity contribution in [3.8, 4) is 34.2 Å². The molecule has 0 saturated heterocycles. The van der Waals surface area contributed by atoms with Gasteiger partial charge in [-0.25, -0.2) is 9.49 Å². The highest BCUT2D eigenvalue weighted by Crippen LogP contribution is 2.46. The van der Waals surface area contributed by atoms with E-state index in [1.807, 2.05) is 6.92 Å². The van der Waals surface area contributed by atoms with E-state index in [9.17, 15) is 10.1 Å². The number of nitriles is 1. The molecule has 0 spiro atoms. The van der Waals surface area contributed by atoms with Gasteiger partial charge in [-0.3, -0.25) is 9.48 Å². The molecule has 36 heavy (non-hydrogen) atoms. The predicted octanol–water partition coefficient (Wildman–Crippen LogP) is 4.69. The number of nitrogens with two attached hydrogens (primary N) is 1. The number of hydrogen-bond acceptors (Lipinski definition) is 6. The molecule has 1 saturated carbocycles. The molecule has 0 unspecified atom stereocenters. The Hall–Kier alpha value is -4.00. The molecule has 2 heterocycles. The second-order valence-corrected chi connectivity index (χ2v) is 9.42. The molecule has 182 valence electrons. The van der Waals surface area contributed by atoms with Crippen molar-refractivity contribution < 1.29 is 9.13 Å². The van der Waals surface area contributed by atoms with Gasteiger partial charge in [-0.05, 0) is 43.0 Å². The van der Waals surface area contributed by atoms with Crippen molar-refractivity contribution in [2.75, 3.05) is 0 Å². The van der Waals surface area contributed by atoms with Gasteiger partial charge in [-0.2, -0.15) is 15.5 Å². The first-order chi connectivity index (χ1) is 17.2. The minimum Gasteiger partial charge on any atom is -0.486 e. The van der Waals surface area contributed by atoms with Gasteiger partial charge < -0.3 is 10.5 Å². The van der Waals surface area contributed by atoms with E-state index in [1.54, 1.807) is 31.5 Å². The van der Waals surface area contributed by atoms with Crippen molar-refractivity contribution in [2.45, 2.75) is 31.9 Å². The quantitative estimate of drug-likeness (QED) is 0.393. The average Bonchev–Trinajstić information content (AvgIpc) is 3.47. The third kappa shape index (κ3) is 3.75. The first kappa shape index (κ1) is 23.7. The summed E-state index contributed by atoms with van der Waals surface area (Å²) in [5, 5.41) is 21.7. The number of aromatic nitrogens is 4. The Kier molecular flexibility index (Phi) is 5.66. The monoisotopic (exact) mass is 504 g/mol. The maximum Gasteiger partial charge on any atom is 0.272 e. The Morgan fingerprint density at radius 2 is 2.17 bits per heavy atom. The van der Waals surface area contributed by atoms with E-state index >= 15 is 4.39 Å². The number of rotatable bonds is 6. The smallest absolute Gasteiger partial charge is 0.272 e. The zero-order valence-electron chi connectivity index (χ0n) is 19.7. The normalized spacial score (nSPS) is 14.0. The summed E-state index contributed by atoms with van der Waals surface area (Å²) in [4.78, 5) is 12.6. The molecule has 4 aromatic rings. The highest BCUT2D eigenvalue weighted by molar-refractivity contribution is 6.31. The van der Waals surface area contributed by atoms with Gasteiger partial charge >= 0.3 is 0 Å². The molecule has 3 N–H and O–H groups in total. The topological polar surface area (TPSA) is 123 Å². The second-order valence-electron chi connectivity index (χ2n) is 9.01. The fourth-order valence-corrected chi connectivity index (χ4v) is 4.55. The number of benzene rings is 2. The van der Waals surface area contributed by atoms with Gasteiger partial charge in [0.05, 0.1) is 33.6 Å². The SMILES string of the molecule is C=Cc1cc(-c2cnn(C)c2-c2c(F)c(Cl)cc(OC3(C)CC3)c2C#N)cc2c(CN)n[nH]c(=O)c12. The largest absolute Gasteiger partial charge is 0.486 e. The summed E-state index contributed by atoms with van der Waals surface area (Å²) in [6, 6.07) is 6.95. The van der Waals surface area contributed by atoms with Crippen LogP contribution >= 0.6 is 11.6 Å². The van der Waals surface area contributed by atoms with Crippen LogP contribution < -0.4 is 16.0 Å². The number of nitrogens with zero attached hydrogens (tertiary/aromatic N) is 4. The van der Waals surface area contributed by atoms with Crippen LogP contribution in [-0.2, 0) is 13.6 Å². The van der Waals surface area contributed by atoms with E-state index in [-0.39, 0.29) is 34.0 Å². The Labute approximate surface area is 210 Å². The van der Waals surface area contributed by atoms with Gasteiger partial charge in [-0.15, -0.1) is 0 Å². The van der Waals surface area contributed by atoms with E-state index in [0.717, 1.165) is 12.8 Å². The van der Waals surface area contributed by atoms with Crippen molar-refractivity contribution in [3.63, 3.8) is 0 Å².